The van der Waals surface area contributed by atoms with Crippen LogP contribution in [0, 0.1) is 0 Å². The van der Waals surface area contributed by atoms with Gasteiger partial charge in [-0.2, -0.15) is 0 Å². The topological polar surface area (TPSA) is 115 Å². The predicted molar refractivity (Wildman–Crippen MR) is 66.1 cm³/mol. The summed E-state index contributed by atoms with van der Waals surface area (Å²) in [6, 6.07) is 4.64. The summed E-state index contributed by atoms with van der Waals surface area (Å²) < 4.78 is 45.5. The van der Waals surface area contributed by atoms with Crippen LogP contribution in [0.3, 0.4) is 0 Å². The molecule has 0 amide bonds. The van der Waals surface area contributed by atoms with Crippen LogP contribution in [0.15, 0.2) is 46.2 Å². The Hall–Kier alpha value is -1.22. The van der Waals surface area contributed by atoms with Crippen LogP contribution < -0.4 is 5.14 Å². The summed E-state index contributed by atoms with van der Waals surface area (Å²) in [5.74, 6) is -0.262. The molecule has 18 heavy (non-hydrogen) atoms. The number of sulfone groups is 1. The Labute approximate surface area is 106 Å². The molecule has 0 bridgehead atoms. The summed E-state index contributed by atoms with van der Waals surface area (Å²) in [5, 5.41) is 13.4. The van der Waals surface area contributed by atoms with Crippen molar-refractivity contribution in [3.63, 3.8) is 0 Å². The maximum atomic E-state index is 11.8. The van der Waals surface area contributed by atoms with E-state index in [1.54, 1.807) is 0 Å². The lowest BCUT2D eigenvalue weighted by Gasteiger charge is -2.03. The first-order valence-corrected chi connectivity index (χ1v) is 8.09. The van der Waals surface area contributed by atoms with Crippen molar-refractivity contribution in [3.05, 3.63) is 36.4 Å². The van der Waals surface area contributed by atoms with Gasteiger partial charge in [0.25, 0.3) is 0 Å². The first-order valence-electron chi connectivity index (χ1n) is 4.89. The van der Waals surface area contributed by atoms with Gasteiger partial charge < -0.3 is 5.11 Å². The van der Waals surface area contributed by atoms with Gasteiger partial charge in [0.2, 0.25) is 10.0 Å². The Morgan fingerprint density at radius 2 is 1.50 bits per heavy atom. The van der Waals surface area contributed by atoms with Gasteiger partial charge >= 0.3 is 0 Å². The molecule has 0 aliphatic heterocycles. The Balaban J connectivity index is 3.02. The van der Waals surface area contributed by atoms with Crippen molar-refractivity contribution < 1.29 is 21.9 Å². The molecule has 0 spiro atoms. The van der Waals surface area contributed by atoms with Crippen LogP contribution >= 0.6 is 0 Å². The maximum absolute atomic E-state index is 11.8. The van der Waals surface area contributed by atoms with Gasteiger partial charge in [-0.05, 0) is 24.3 Å². The zero-order chi connectivity index (χ0) is 13.8. The third-order valence-electron chi connectivity index (χ3n) is 2.10. The molecular formula is C10H13NO5S2. The fourth-order valence-corrected chi connectivity index (χ4v) is 2.85. The highest BCUT2D eigenvalue weighted by molar-refractivity contribution is 7.91. The number of hydrogen-bond acceptors (Lipinski definition) is 5. The fourth-order valence-electron chi connectivity index (χ4n) is 1.20. The van der Waals surface area contributed by atoms with Crippen LogP contribution in [0.2, 0.25) is 0 Å². The van der Waals surface area contributed by atoms with Gasteiger partial charge in [0, 0.05) is 0 Å². The van der Waals surface area contributed by atoms with E-state index in [1.807, 2.05) is 0 Å². The van der Waals surface area contributed by atoms with E-state index in [0.29, 0.717) is 0 Å². The van der Waals surface area contributed by atoms with Crippen molar-refractivity contribution in [2.75, 3.05) is 12.4 Å². The van der Waals surface area contributed by atoms with Gasteiger partial charge in [0.15, 0.2) is 9.84 Å². The zero-order valence-electron chi connectivity index (χ0n) is 9.35. The number of hydrogen-bond donors (Lipinski definition) is 2. The summed E-state index contributed by atoms with van der Waals surface area (Å²) in [7, 11) is -7.36. The average Bonchev–Trinajstić information content (AvgIpc) is 2.28. The molecule has 100 valence electrons. The summed E-state index contributed by atoms with van der Waals surface area (Å²) in [6.45, 7) is -0.236. The smallest absolute Gasteiger partial charge is 0.238 e. The van der Waals surface area contributed by atoms with Crippen LogP contribution in [0.1, 0.15) is 0 Å². The van der Waals surface area contributed by atoms with Crippen molar-refractivity contribution in [2.24, 2.45) is 5.14 Å². The summed E-state index contributed by atoms with van der Waals surface area (Å²) in [6.07, 6.45) is 2.64. The van der Waals surface area contributed by atoms with Crippen LogP contribution in [0.4, 0.5) is 0 Å². The zero-order valence-corrected chi connectivity index (χ0v) is 11.0. The summed E-state index contributed by atoms with van der Waals surface area (Å²) in [4.78, 5) is -0.148. The lowest BCUT2D eigenvalue weighted by atomic mass is 10.4. The quantitative estimate of drug-likeness (QED) is 0.720. The number of aliphatic hydroxyl groups is 1. The predicted octanol–water partition coefficient (Wildman–Crippen LogP) is -0.344. The van der Waals surface area contributed by atoms with E-state index in [4.69, 9.17) is 10.2 Å². The number of nitrogens with two attached hydrogens (primary N) is 1. The first kappa shape index (κ1) is 14.8. The molecule has 0 aliphatic carbocycles. The molecule has 0 saturated carbocycles. The molecule has 3 N–H and O–H groups in total. The molecule has 1 aromatic carbocycles. The second-order valence-electron chi connectivity index (χ2n) is 3.45. The molecule has 0 aromatic heterocycles. The Kier molecular flexibility index (Phi) is 4.63. The summed E-state index contributed by atoms with van der Waals surface area (Å²) >= 11 is 0. The van der Waals surface area contributed by atoms with Crippen LogP contribution in [-0.4, -0.2) is 34.3 Å². The third kappa shape index (κ3) is 3.91. The van der Waals surface area contributed by atoms with Gasteiger partial charge in [0.1, 0.15) is 0 Å². The summed E-state index contributed by atoms with van der Waals surface area (Å²) in [5.41, 5.74) is 0. The normalized spacial score (nSPS) is 13.0. The molecule has 0 atom stereocenters. The highest BCUT2D eigenvalue weighted by atomic mass is 32.2. The van der Waals surface area contributed by atoms with Crippen LogP contribution in [-0.2, 0) is 19.9 Å². The molecule has 1 aromatic rings. The molecule has 1 rings (SSSR count). The van der Waals surface area contributed by atoms with Crippen molar-refractivity contribution >= 4 is 19.9 Å². The minimum absolute atomic E-state index is 0.00232. The second-order valence-corrected chi connectivity index (χ2v) is 7.05. The van der Waals surface area contributed by atoms with E-state index in [1.165, 1.54) is 24.3 Å². The van der Waals surface area contributed by atoms with E-state index >= 15 is 0 Å². The molecule has 6 nitrogen and oxygen atoms in total. The highest BCUT2D eigenvalue weighted by Gasteiger charge is 2.14. The Morgan fingerprint density at radius 3 is 1.94 bits per heavy atom. The maximum Gasteiger partial charge on any atom is 0.238 e. The monoisotopic (exact) mass is 291 g/mol. The van der Waals surface area contributed by atoms with E-state index in [2.05, 4.69) is 0 Å². The number of benzene rings is 1. The first-order chi connectivity index (χ1) is 8.27. The van der Waals surface area contributed by atoms with E-state index in [0.717, 1.165) is 12.1 Å². The fraction of sp³-hybridized carbons (Fsp3) is 0.200. The van der Waals surface area contributed by atoms with E-state index in [-0.39, 0.29) is 22.2 Å². The van der Waals surface area contributed by atoms with E-state index in [9.17, 15) is 16.8 Å². The van der Waals surface area contributed by atoms with Crippen molar-refractivity contribution in [3.8, 4) is 0 Å². The SMILES string of the molecule is NS(=O)(=O)c1ccc(S(=O)(=O)C/C=C/CO)cc1. The van der Waals surface area contributed by atoms with Crippen LogP contribution in [0.5, 0.6) is 0 Å². The molecular weight excluding hydrogens is 278 g/mol. The van der Waals surface area contributed by atoms with Crippen LogP contribution in [0.25, 0.3) is 0 Å². The van der Waals surface area contributed by atoms with Gasteiger partial charge in [-0.15, -0.1) is 0 Å². The number of rotatable bonds is 5. The minimum atomic E-state index is -3.83. The number of aliphatic hydroxyl groups excluding tert-OH is 1. The van der Waals surface area contributed by atoms with Gasteiger partial charge in [-0.1, -0.05) is 12.2 Å². The number of sulfonamides is 1. The average molecular weight is 291 g/mol. The van der Waals surface area contributed by atoms with Crippen molar-refractivity contribution in [2.45, 2.75) is 9.79 Å². The van der Waals surface area contributed by atoms with Gasteiger partial charge in [-0.3, -0.25) is 0 Å². The van der Waals surface area contributed by atoms with Crippen molar-refractivity contribution in [1.29, 1.82) is 0 Å². The lowest BCUT2D eigenvalue weighted by molar-refractivity contribution is 0.342. The highest BCUT2D eigenvalue weighted by Crippen LogP contribution is 2.14. The Bertz CT molecular complexity index is 629. The molecule has 0 unspecified atom stereocenters. The molecule has 0 aliphatic rings. The molecule has 8 heteroatoms. The van der Waals surface area contributed by atoms with Crippen molar-refractivity contribution in [1.82, 2.24) is 0 Å². The number of primary sulfonamides is 1. The molecule has 0 heterocycles. The minimum Gasteiger partial charge on any atom is -0.392 e. The van der Waals surface area contributed by atoms with Gasteiger partial charge in [-0.25, -0.2) is 22.0 Å². The van der Waals surface area contributed by atoms with E-state index < -0.39 is 19.9 Å². The largest absolute Gasteiger partial charge is 0.392 e. The molecule has 0 saturated heterocycles. The third-order valence-corrected chi connectivity index (χ3v) is 4.65. The Morgan fingerprint density at radius 1 is 1.00 bits per heavy atom. The molecule has 0 fully saturated rings. The lowest BCUT2D eigenvalue weighted by Crippen LogP contribution is -2.12. The second kappa shape index (κ2) is 5.61. The molecule has 0 radical (unpaired) electrons. The standard InChI is InChI=1S/C10H13NO5S2/c11-18(15,16)10-5-3-9(4-6-10)17(13,14)8-2-1-7-12/h1-6,12H,7-8H2,(H2,11,15,16)/b2-1+. The van der Waals surface area contributed by atoms with Gasteiger partial charge in [0.05, 0.1) is 22.2 Å².